The Morgan fingerprint density at radius 2 is 1.58 bits per heavy atom. The quantitative estimate of drug-likeness (QED) is 0.643. The lowest BCUT2D eigenvalue weighted by Crippen LogP contribution is -2.27. The lowest BCUT2D eigenvalue weighted by Gasteiger charge is -2.08. The number of rotatable bonds is 6. The minimum atomic E-state index is -0.194. The molecule has 0 fully saturated rings. The maximum absolute atomic E-state index is 12.2. The second-order valence-electron chi connectivity index (χ2n) is 5.70. The van der Waals surface area contributed by atoms with E-state index in [0.29, 0.717) is 5.56 Å². The standard InChI is InChI=1S/C20H18BrN3O2/c21-16-5-7-17(8-6-16)23-19(25)11-12-22-20(26)15-3-9-18(10-4-15)24-13-1-2-14-24/h1-10,13-14H,11-12H2,(H,22,26)(H,23,25). The molecule has 3 rings (SSSR count). The van der Waals surface area contributed by atoms with Gasteiger partial charge in [-0.15, -0.1) is 0 Å². The SMILES string of the molecule is O=C(CCNC(=O)c1ccc(-n2cccc2)cc1)Nc1ccc(Br)cc1. The molecule has 0 saturated heterocycles. The molecule has 2 N–H and O–H groups in total. The number of carbonyl (C=O) groups is 2. The van der Waals surface area contributed by atoms with Crippen LogP contribution in [0, 0.1) is 0 Å². The minimum absolute atomic E-state index is 0.143. The van der Waals surface area contributed by atoms with Crippen LogP contribution in [0.25, 0.3) is 5.69 Å². The van der Waals surface area contributed by atoms with Gasteiger partial charge in [-0.3, -0.25) is 9.59 Å². The Bertz CT molecular complexity index is 872. The molecule has 0 aliphatic heterocycles. The maximum Gasteiger partial charge on any atom is 0.251 e. The molecule has 0 unspecified atom stereocenters. The summed E-state index contributed by atoms with van der Waals surface area (Å²) in [6.45, 7) is 0.278. The molecule has 5 nitrogen and oxygen atoms in total. The molecule has 26 heavy (non-hydrogen) atoms. The van der Waals surface area contributed by atoms with Gasteiger partial charge in [0.2, 0.25) is 5.91 Å². The third kappa shape index (κ3) is 4.83. The summed E-state index contributed by atoms with van der Waals surface area (Å²) in [5, 5.41) is 5.56. The van der Waals surface area contributed by atoms with E-state index >= 15 is 0 Å². The first-order valence-electron chi connectivity index (χ1n) is 8.19. The number of benzene rings is 2. The molecule has 3 aromatic rings. The van der Waals surface area contributed by atoms with E-state index in [4.69, 9.17) is 0 Å². The van der Waals surface area contributed by atoms with Crippen molar-refractivity contribution in [2.24, 2.45) is 0 Å². The van der Waals surface area contributed by atoms with Crippen molar-refractivity contribution in [1.82, 2.24) is 9.88 Å². The predicted molar refractivity (Wildman–Crippen MR) is 105 cm³/mol. The summed E-state index contributed by atoms with van der Waals surface area (Å²) in [6, 6.07) is 18.5. The van der Waals surface area contributed by atoms with Crippen molar-refractivity contribution in [3.05, 3.63) is 83.1 Å². The summed E-state index contributed by atoms with van der Waals surface area (Å²) in [6.07, 6.45) is 4.10. The van der Waals surface area contributed by atoms with Crippen LogP contribution in [-0.4, -0.2) is 22.9 Å². The van der Waals surface area contributed by atoms with Gasteiger partial charge in [0.05, 0.1) is 0 Å². The van der Waals surface area contributed by atoms with Crippen molar-refractivity contribution in [3.63, 3.8) is 0 Å². The van der Waals surface area contributed by atoms with Gasteiger partial charge < -0.3 is 15.2 Å². The zero-order valence-corrected chi connectivity index (χ0v) is 15.6. The van der Waals surface area contributed by atoms with E-state index in [9.17, 15) is 9.59 Å². The number of halogens is 1. The smallest absolute Gasteiger partial charge is 0.251 e. The first-order chi connectivity index (χ1) is 12.6. The Labute approximate surface area is 160 Å². The molecule has 0 bridgehead atoms. The highest BCUT2D eigenvalue weighted by atomic mass is 79.9. The van der Waals surface area contributed by atoms with Gasteiger partial charge in [0.15, 0.2) is 0 Å². The third-order valence-electron chi connectivity index (χ3n) is 3.80. The van der Waals surface area contributed by atoms with E-state index in [-0.39, 0.29) is 24.8 Å². The average molecular weight is 412 g/mol. The highest BCUT2D eigenvalue weighted by Gasteiger charge is 2.07. The second kappa shape index (κ2) is 8.49. The summed E-state index contributed by atoms with van der Waals surface area (Å²) in [7, 11) is 0. The van der Waals surface area contributed by atoms with Crippen molar-refractivity contribution in [2.75, 3.05) is 11.9 Å². The van der Waals surface area contributed by atoms with Gasteiger partial charge in [0.25, 0.3) is 5.91 Å². The molecule has 0 aliphatic carbocycles. The molecular weight excluding hydrogens is 394 g/mol. The molecule has 1 heterocycles. The minimum Gasteiger partial charge on any atom is -0.352 e. The molecule has 0 spiro atoms. The normalized spacial score (nSPS) is 10.3. The highest BCUT2D eigenvalue weighted by Crippen LogP contribution is 2.14. The summed E-state index contributed by atoms with van der Waals surface area (Å²) >= 11 is 3.35. The first-order valence-corrected chi connectivity index (χ1v) is 8.98. The fourth-order valence-electron chi connectivity index (χ4n) is 2.44. The topological polar surface area (TPSA) is 63.1 Å². The number of hydrogen-bond acceptors (Lipinski definition) is 2. The van der Waals surface area contributed by atoms with Crippen LogP contribution < -0.4 is 10.6 Å². The van der Waals surface area contributed by atoms with Crippen LogP contribution in [0.2, 0.25) is 0 Å². The molecule has 0 aliphatic rings. The molecular formula is C20H18BrN3O2. The maximum atomic E-state index is 12.2. The van der Waals surface area contributed by atoms with E-state index in [1.165, 1.54) is 0 Å². The molecule has 0 saturated carbocycles. The van der Waals surface area contributed by atoms with Gasteiger partial charge in [-0.1, -0.05) is 15.9 Å². The van der Waals surface area contributed by atoms with Gasteiger partial charge in [-0.05, 0) is 60.7 Å². The van der Waals surface area contributed by atoms with E-state index < -0.39 is 0 Å². The van der Waals surface area contributed by atoms with Crippen LogP contribution in [0.15, 0.2) is 77.5 Å². The molecule has 0 atom stereocenters. The number of hydrogen-bond donors (Lipinski definition) is 2. The van der Waals surface area contributed by atoms with Gasteiger partial charge >= 0.3 is 0 Å². The van der Waals surface area contributed by atoms with Gasteiger partial charge in [-0.2, -0.15) is 0 Å². The van der Waals surface area contributed by atoms with Crippen molar-refractivity contribution in [2.45, 2.75) is 6.42 Å². The average Bonchev–Trinajstić information content (AvgIpc) is 3.18. The van der Waals surface area contributed by atoms with E-state index in [1.54, 1.807) is 12.1 Å². The number of nitrogens with one attached hydrogen (secondary N) is 2. The summed E-state index contributed by atoms with van der Waals surface area (Å²) < 4.78 is 2.92. The fraction of sp³-hybridized carbons (Fsp3) is 0.100. The van der Waals surface area contributed by atoms with Gasteiger partial charge in [0.1, 0.15) is 0 Å². The number of aromatic nitrogens is 1. The molecule has 0 radical (unpaired) electrons. The van der Waals surface area contributed by atoms with Crippen molar-refractivity contribution in [1.29, 1.82) is 0 Å². The Hall–Kier alpha value is -2.86. The van der Waals surface area contributed by atoms with Crippen LogP contribution in [0.4, 0.5) is 5.69 Å². The van der Waals surface area contributed by atoms with Crippen LogP contribution in [0.3, 0.4) is 0 Å². The van der Waals surface area contributed by atoms with E-state index in [1.807, 2.05) is 65.5 Å². The Morgan fingerprint density at radius 1 is 0.923 bits per heavy atom. The van der Waals surface area contributed by atoms with Crippen LogP contribution in [0.5, 0.6) is 0 Å². The number of carbonyl (C=O) groups excluding carboxylic acids is 2. The lowest BCUT2D eigenvalue weighted by atomic mass is 10.2. The molecule has 2 aromatic carbocycles. The summed E-state index contributed by atoms with van der Waals surface area (Å²) in [4.78, 5) is 24.1. The zero-order valence-electron chi connectivity index (χ0n) is 14.0. The summed E-state index contributed by atoms with van der Waals surface area (Å²) in [5.41, 5.74) is 2.28. The monoisotopic (exact) mass is 411 g/mol. The third-order valence-corrected chi connectivity index (χ3v) is 4.33. The number of nitrogens with zero attached hydrogens (tertiary/aromatic N) is 1. The Kier molecular flexibility index (Phi) is 5.86. The zero-order chi connectivity index (χ0) is 18.4. The fourth-order valence-corrected chi connectivity index (χ4v) is 2.70. The predicted octanol–water partition coefficient (Wildman–Crippen LogP) is 4.00. The first kappa shape index (κ1) is 17.9. The largest absolute Gasteiger partial charge is 0.352 e. The van der Waals surface area contributed by atoms with Crippen LogP contribution in [-0.2, 0) is 4.79 Å². The van der Waals surface area contributed by atoms with Crippen molar-refractivity contribution >= 4 is 33.4 Å². The van der Waals surface area contributed by atoms with E-state index in [0.717, 1.165) is 15.8 Å². The van der Waals surface area contributed by atoms with Crippen LogP contribution >= 0.6 is 15.9 Å². The molecule has 132 valence electrons. The van der Waals surface area contributed by atoms with Gasteiger partial charge in [0, 0.05) is 46.8 Å². The van der Waals surface area contributed by atoms with Gasteiger partial charge in [-0.25, -0.2) is 0 Å². The number of amides is 2. The Balaban J connectivity index is 1.46. The van der Waals surface area contributed by atoms with Crippen molar-refractivity contribution in [3.8, 4) is 5.69 Å². The van der Waals surface area contributed by atoms with Crippen LogP contribution in [0.1, 0.15) is 16.8 Å². The summed E-state index contributed by atoms with van der Waals surface area (Å²) in [5.74, 6) is -0.337. The van der Waals surface area contributed by atoms with E-state index in [2.05, 4.69) is 26.6 Å². The second-order valence-corrected chi connectivity index (χ2v) is 6.61. The molecule has 6 heteroatoms. The molecule has 2 amide bonds. The van der Waals surface area contributed by atoms with Crippen molar-refractivity contribution < 1.29 is 9.59 Å². The lowest BCUT2D eigenvalue weighted by molar-refractivity contribution is -0.116. The Morgan fingerprint density at radius 3 is 2.23 bits per heavy atom. The molecule has 1 aromatic heterocycles. The highest BCUT2D eigenvalue weighted by molar-refractivity contribution is 9.10. The number of anilines is 1.